The molecule has 202 valence electrons. The van der Waals surface area contributed by atoms with E-state index in [1.54, 1.807) is 18.4 Å². The number of amides is 2. The number of nitrogens with two attached hydrogens (primary N) is 1. The molecule has 10 heteroatoms. The summed E-state index contributed by atoms with van der Waals surface area (Å²) < 4.78 is 1.95. The van der Waals surface area contributed by atoms with Crippen LogP contribution in [-0.4, -0.2) is 57.5 Å². The van der Waals surface area contributed by atoms with Crippen LogP contribution in [0.5, 0.6) is 0 Å². The summed E-state index contributed by atoms with van der Waals surface area (Å²) in [4.78, 5) is 33.2. The summed E-state index contributed by atoms with van der Waals surface area (Å²) >= 11 is 6.68. The van der Waals surface area contributed by atoms with Gasteiger partial charge in [0.1, 0.15) is 0 Å². The van der Waals surface area contributed by atoms with Crippen LogP contribution in [0, 0.1) is 0 Å². The van der Waals surface area contributed by atoms with Gasteiger partial charge in [0, 0.05) is 42.9 Å². The zero-order chi connectivity index (χ0) is 26.9. The number of anilines is 1. The molecule has 1 aromatic heterocycles. The highest BCUT2D eigenvalue weighted by Gasteiger charge is 2.36. The van der Waals surface area contributed by atoms with Crippen molar-refractivity contribution in [1.82, 2.24) is 25.1 Å². The van der Waals surface area contributed by atoms with Gasteiger partial charge in [-0.3, -0.25) is 9.59 Å². The van der Waals surface area contributed by atoms with Gasteiger partial charge in [0.25, 0.3) is 5.91 Å². The van der Waals surface area contributed by atoms with E-state index >= 15 is 0 Å². The highest BCUT2D eigenvalue weighted by atomic mass is 35.5. The van der Waals surface area contributed by atoms with E-state index in [1.807, 2.05) is 46.7 Å². The number of carbonyl (C=O) groups is 2. The number of nitrogens with zero attached hydrogens (tertiary/aromatic N) is 4. The maximum atomic E-state index is 13.4. The summed E-state index contributed by atoms with van der Waals surface area (Å²) in [7, 11) is 0. The van der Waals surface area contributed by atoms with Crippen LogP contribution in [0.25, 0.3) is 11.0 Å². The molecule has 0 spiro atoms. The summed E-state index contributed by atoms with van der Waals surface area (Å²) in [6.45, 7) is 5.98. The number of fused-ring (bicyclic) bond motifs is 1. The Bertz CT molecular complexity index is 1310. The topological polar surface area (TPSA) is 109 Å². The molecule has 38 heavy (non-hydrogen) atoms. The maximum absolute atomic E-state index is 13.4. The number of halogens is 1. The Kier molecular flexibility index (Phi) is 7.61. The lowest BCUT2D eigenvalue weighted by atomic mass is 10.1. The number of hydrogen-bond acceptors (Lipinski definition) is 6. The number of hydrazine groups is 1. The SMILES string of the molecule is CC1C=C(C(=O)N(N)c2nc3cccc(Cl)c3n2[C@@H]2CCCCN(C(=O)/C=C/CNC3(C)CC3)C2)C=CN1. The molecule has 3 heterocycles. The fourth-order valence-electron chi connectivity index (χ4n) is 5.11. The summed E-state index contributed by atoms with van der Waals surface area (Å²) in [6, 6.07) is 5.37. The summed E-state index contributed by atoms with van der Waals surface area (Å²) in [5.41, 5.74) is 2.08. The normalized spacial score (nSPS) is 22.7. The number of carbonyl (C=O) groups excluding carboxylic acids is 2. The van der Waals surface area contributed by atoms with Crippen molar-refractivity contribution in [2.24, 2.45) is 5.84 Å². The van der Waals surface area contributed by atoms with Crippen molar-refractivity contribution in [2.75, 3.05) is 24.6 Å². The molecule has 3 aliphatic rings. The molecule has 2 fully saturated rings. The number of para-hydroxylation sites is 1. The van der Waals surface area contributed by atoms with Crippen molar-refractivity contribution in [3.63, 3.8) is 0 Å². The average Bonchev–Trinajstić information content (AvgIpc) is 3.59. The molecular formula is C28H36ClN7O2. The fourth-order valence-corrected chi connectivity index (χ4v) is 5.37. The summed E-state index contributed by atoms with van der Waals surface area (Å²) in [5.74, 6) is 6.39. The molecule has 0 radical (unpaired) electrons. The van der Waals surface area contributed by atoms with E-state index < -0.39 is 0 Å². The second kappa shape index (κ2) is 10.9. The number of benzene rings is 1. The van der Waals surface area contributed by atoms with E-state index in [9.17, 15) is 9.59 Å². The third-order valence-electron chi connectivity index (χ3n) is 7.61. The number of hydrogen-bond donors (Lipinski definition) is 3. The van der Waals surface area contributed by atoms with Gasteiger partial charge in [0.2, 0.25) is 11.9 Å². The minimum absolute atomic E-state index is 0.0115. The van der Waals surface area contributed by atoms with Gasteiger partial charge >= 0.3 is 0 Å². The van der Waals surface area contributed by atoms with Crippen molar-refractivity contribution in [3.8, 4) is 0 Å². The summed E-state index contributed by atoms with van der Waals surface area (Å²) in [5, 5.41) is 8.24. The van der Waals surface area contributed by atoms with E-state index in [4.69, 9.17) is 22.4 Å². The van der Waals surface area contributed by atoms with Crippen LogP contribution >= 0.6 is 11.6 Å². The van der Waals surface area contributed by atoms with Gasteiger partial charge in [-0.2, -0.15) is 0 Å². The number of nitrogens with one attached hydrogen (secondary N) is 2. The van der Waals surface area contributed by atoms with E-state index in [0.29, 0.717) is 47.2 Å². The molecule has 1 saturated carbocycles. The highest BCUT2D eigenvalue weighted by molar-refractivity contribution is 6.35. The predicted molar refractivity (Wildman–Crippen MR) is 150 cm³/mol. The maximum Gasteiger partial charge on any atom is 0.274 e. The van der Waals surface area contributed by atoms with Gasteiger partial charge < -0.3 is 20.1 Å². The molecule has 5 rings (SSSR count). The van der Waals surface area contributed by atoms with Crippen molar-refractivity contribution >= 4 is 40.4 Å². The van der Waals surface area contributed by atoms with Gasteiger partial charge in [0.15, 0.2) is 0 Å². The second-order valence-electron chi connectivity index (χ2n) is 10.8. The van der Waals surface area contributed by atoms with E-state index in [1.165, 1.54) is 12.8 Å². The summed E-state index contributed by atoms with van der Waals surface area (Å²) in [6.07, 6.45) is 13.8. The van der Waals surface area contributed by atoms with Gasteiger partial charge in [-0.25, -0.2) is 15.8 Å². The third-order valence-corrected chi connectivity index (χ3v) is 7.91. The van der Waals surface area contributed by atoms with Crippen LogP contribution in [0.1, 0.15) is 52.0 Å². The van der Waals surface area contributed by atoms with Crippen LogP contribution in [0.2, 0.25) is 5.02 Å². The molecule has 0 bridgehead atoms. The number of imidazole rings is 1. The Morgan fingerprint density at radius 3 is 2.92 bits per heavy atom. The first-order chi connectivity index (χ1) is 18.3. The molecule has 2 aromatic rings. The Morgan fingerprint density at radius 1 is 1.34 bits per heavy atom. The Hall–Kier alpha value is -3.14. The zero-order valence-corrected chi connectivity index (χ0v) is 22.7. The van der Waals surface area contributed by atoms with Crippen LogP contribution < -0.4 is 21.5 Å². The molecule has 2 amide bonds. The van der Waals surface area contributed by atoms with Gasteiger partial charge in [0.05, 0.1) is 22.1 Å². The fraction of sp³-hybridized carbons (Fsp3) is 0.464. The van der Waals surface area contributed by atoms with Gasteiger partial charge in [-0.1, -0.05) is 23.7 Å². The first kappa shape index (κ1) is 26.5. The molecular weight excluding hydrogens is 502 g/mol. The number of rotatable bonds is 7. The second-order valence-corrected chi connectivity index (χ2v) is 11.2. The molecule has 1 saturated heterocycles. The first-order valence-corrected chi connectivity index (χ1v) is 13.7. The Morgan fingerprint density at radius 2 is 2.16 bits per heavy atom. The molecule has 4 N–H and O–H groups in total. The highest BCUT2D eigenvalue weighted by Crippen LogP contribution is 2.35. The van der Waals surface area contributed by atoms with E-state index in [-0.39, 0.29) is 29.4 Å². The minimum atomic E-state index is -0.358. The van der Waals surface area contributed by atoms with Crippen LogP contribution in [-0.2, 0) is 9.59 Å². The van der Waals surface area contributed by atoms with Crippen LogP contribution in [0.15, 0.2) is 54.3 Å². The molecule has 1 aromatic carbocycles. The number of dihydropyridines is 1. The molecule has 1 aliphatic carbocycles. The van der Waals surface area contributed by atoms with Gasteiger partial charge in [-0.05, 0) is 76.4 Å². The zero-order valence-electron chi connectivity index (χ0n) is 22.0. The monoisotopic (exact) mass is 537 g/mol. The van der Waals surface area contributed by atoms with Crippen molar-refractivity contribution < 1.29 is 9.59 Å². The average molecular weight is 538 g/mol. The van der Waals surface area contributed by atoms with E-state index in [2.05, 4.69) is 17.6 Å². The molecule has 9 nitrogen and oxygen atoms in total. The Balaban J connectivity index is 1.43. The lowest BCUT2D eigenvalue weighted by Crippen LogP contribution is -2.42. The first-order valence-electron chi connectivity index (χ1n) is 13.4. The number of aromatic nitrogens is 2. The molecule has 2 aliphatic heterocycles. The van der Waals surface area contributed by atoms with Gasteiger partial charge in [-0.15, -0.1) is 0 Å². The molecule has 1 unspecified atom stereocenters. The number of likely N-dealkylation sites (tertiary alicyclic amines) is 1. The van der Waals surface area contributed by atoms with Crippen LogP contribution in [0.4, 0.5) is 5.95 Å². The standard InChI is InChI=1S/C28H36ClN7O2/c1-19-17-20(11-15-31-19)26(38)36(30)27-33-23-9-5-8-22(29)25(23)35(27)21-7-3-4-16-34(18-21)24(37)10-6-14-32-28(2)12-13-28/h5-6,8-11,15,17,19,21,31-32H,3-4,7,12-14,16,18,30H2,1-2H3/b10-6+/t19?,21-/m1/s1. The lowest BCUT2D eigenvalue weighted by molar-refractivity contribution is -0.126. The quantitative estimate of drug-likeness (QED) is 0.216. The Labute approximate surface area is 228 Å². The van der Waals surface area contributed by atoms with E-state index in [0.717, 1.165) is 24.3 Å². The largest absolute Gasteiger partial charge is 0.385 e. The minimum Gasteiger partial charge on any atom is -0.385 e. The lowest BCUT2D eigenvalue weighted by Gasteiger charge is -2.28. The molecule has 2 atom stereocenters. The van der Waals surface area contributed by atoms with Crippen LogP contribution in [0.3, 0.4) is 0 Å². The third kappa shape index (κ3) is 5.65. The van der Waals surface area contributed by atoms with Crippen molar-refractivity contribution in [3.05, 3.63) is 59.3 Å². The predicted octanol–water partition coefficient (Wildman–Crippen LogP) is 3.58. The van der Waals surface area contributed by atoms with Crippen molar-refractivity contribution in [2.45, 2.75) is 63.6 Å². The van der Waals surface area contributed by atoms with Crippen molar-refractivity contribution in [1.29, 1.82) is 0 Å². The smallest absolute Gasteiger partial charge is 0.274 e.